The van der Waals surface area contributed by atoms with Gasteiger partial charge < -0.3 is 45.6 Å². The Labute approximate surface area is 150 Å². The highest BCUT2D eigenvalue weighted by Gasteiger charge is 2.27. The summed E-state index contributed by atoms with van der Waals surface area (Å²) in [6.07, 6.45) is -1.50. The van der Waals surface area contributed by atoms with Gasteiger partial charge in [0.2, 0.25) is 0 Å². The van der Waals surface area contributed by atoms with E-state index in [0.717, 1.165) is 0 Å². The van der Waals surface area contributed by atoms with Gasteiger partial charge in [0.15, 0.2) is 0 Å². The van der Waals surface area contributed by atoms with Crippen LogP contribution in [-0.2, 0) is 28.4 Å². The summed E-state index contributed by atoms with van der Waals surface area (Å²) in [5.74, 6) is 0. The molecule has 10 heteroatoms. The van der Waals surface area contributed by atoms with Crippen LogP contribution < -0.4 is 17.2 Å². The molecule has 152 valence electrons. The Kier molecular flexibility index (Phi) is 16.8. The molecule has 3 atom stereocenters. The van der Waals surface area contributed by atoms with Crippen LogP contribution in [0.2, 0.25) is 0 Å². The van der Waals surface area contributed by atoms with Crippen molar-refractivity contribution in [2.24, 2.45) is 17.2 Å². The van der Waals surface area contributed by atoms with E-state index in [1.807, 2.05) is 0 Å². The van der Waals surface area contributed by atoms with Crippen LogP contribution in [0, 0.1) is 0 Å². The fourth-order valence-corrected chi connectivity index (χ4v) is 2.04. The molecule has 0 saturated carbocycles. The molecule has 0 heterocycles. The molecule has 0 aliphatic heterocycles. The number of hydrogen-bond acceptors (Lipinski definition) is 10. The summed E-state index contributed by atoms with van der Waals surface area (Å²) in [7, 11) is 4.82. The summed E-state index contributed by atoms with van der Waals surface area (Å²) in [6.45, 7) is 3.59. The standard InChI is InChI=1S/C15H36N4O6/c1-20-4-7-23-10-13(16)19(14(17)11-24-8-5-21-2)15(18)12-25-9-6-22-3/h13-15H,4-12,16-18H2,1-3H3. The van der Waals surface area contributed by atoms with Gasteiger partial charge in [0.05, 0.1) is 78.0 Å². The van der Waals surface area contributed by atoms with E-state index in [2.05, 4.69) is 0 Å². The number of hydrogen-bond donors (Lipinski definition) is 3. The van der Waals surface area contributed by atoms with Gasteiger partial charge >= 0.3 is 0 Å². The second-order valence-corrected chi connectivity index (χ2v) is 5.35. The summed E-state index contributed by atoms with van der Waals surface area (Å²) < 4.78 is 31.3. The zero-order valence-corrected chi connectivity index (χ0v) is 15.7. The van der Waals surface area contributed by atoms with Crippen molar-refractivity contribution in [3.63, 3.8) is 0 Å². The molecule has 0 aliphatic carbocycles. The van der Waals surface area contributed by atoms with E-state index in [0.29, 0.717) is 39.6 Å². The van der Waals surface area contributed by atoms with Gasteiger partial charge in [-0.25, -0.2) is 0 Å². The van der Waals surface area contributed by atoms with Gasteiger partial charge in [-0.1, -0.05) is 0 Å². The lowest BCUT2D eigenvalue weighted by Crippen LogP contribution is -2.63. The van der Waals surface area contributed by atoms with Crippen LogP contribution in [0.25, 0.3) is 0 Å². The van der Waals surface area contributed by atoms with Crippen molar-refractivity contribution in [2.45, 2.75) is 18.5 Å². The van der Waals surface area contributed by atoms with Crippen molar-refractivity contribution < 1.29 is 28.4 Å². The lowest BCUT2D eigenvalue weighted by atomic mass is 10.3. The van der Waals surface area contributed by atoms with Crippen molar-refractivity contribution in [1.29, 1.82) is 0 Å². The van der Waals surface area contributed by atoms with Crippen LogP contribution in [0.5, 0.6) is 0 Å². The first-order valence-corrected chi connectivity index (χ1v) is 8.32. The first-order chi connectivity index (χ1) is 12.1. The smallest absolute Gasteiger partial charge is 0.0840 e. The van der Waals surface area contributed by atoms with Crippen LogP contribution in [0.3, 0.4) is 0 Å². The summed E-state index contributed by atoms with van der Waals surface area (Å²) in [6, 6.07) is 0. The van der Waals surface area contributed by atoms with Gasteiger partial charge in [0.1, 0.15) is 0 Å². The molecule has 0 aromatic rings. The Morgan fingerprint density at radius 1 is 0.560 bits per heavy atom. The summed E-state index contributed by atoms with van der Waals surface area (Å²) in [5.41, 5.74) is 18.6. The Morgan fingerprint density at radius 2 is 0.840 bits per heavy atom. The minimum Gasteiger partial charge on any atom is -0.382 e. The number of nitrogens with zero attached hydrogens (tertiary/aromatic N) is 1. The number of methoxy groups -OCH3 is 3. The van der Waals surface area contributed by atoms with Gasteiger partial charge in [0, 0.05) is 21.3 Å². The van der Waals surface area contributed by atoms with E-state index in [1.54, 1.807) is 26.2 Å². The molecular weight excluding hydrogens is 332 g/mol. The zero-order valence-electron chi connectivity index (χ0n) is 15.7. The SMILES string of the molecule is COCCOCC(N)N(C(N)COCCOC)C(N)COCCOC. The predicted molar refractivity (Wildman–Crippen MR) is 93.9 cm³/mol. The molecule has 3 unspecified atom stereocenters. The maximum atomic E-state index is 6.20. The van der Waals surface area contributed by atoms with Crippen LogP contribution in [0.1, 0.15) is 0 Å². The van der Waals surface area contributed by atoms with Gasteiger partial charge in [-0.3, -0.25) is 4.90 Å². The molecule has 0 amide bonds. The molecule has 0 rings (SSSR count). The largest absolute Gasteiger partial charge is 0.382 e. The first kappa shape index (κ1) is 24.6. The predicted octanol–water partition coefficient (Wildman–Crippen LogP) is -1.87. The Bertz CT molecular complexity index is 248. The van der Waals surface area contributed by atoms with Gasteiger partial charge in [-0.15, -0.1) is 0 Å². The Morgan fingerprint density at radius 3 is 1.08 bits per heavy atom. The highest BCUT2D eigenvalue weighted by Crippen LogP contribution is 2.05. The fourth-order valence-electron chi connectivity index (χ4n) is 2.04. The van der Waals surface area contributed by atoms with Crippen molar-refractivity contribution in [1.82, 2.24) is 4.90 Å². The van der Waals surface area contributed by atoms with Gasteiger partial charge in [-0.2, -0.15) is 0 Å². The number of ether oxygens (including phenoxy) is 6. The molecule has 0 bridgehead atoms. The molecule has 0 aromatic carbocycles. The van der Waals surface area contributed by atoms with Crippen LogP contribution in [0.15, 0.2) is 0 Å². The number of nitrogens with two attached hydrogens (primary N) is 3. The average Bonchev–Trinajstić information content (AvgIpc) is 2.59. The zero-order chi connectivity index (χ0) is 18.9. The van der Waals surface area contributed by atoms with E-state index in [9.17, 15) is 0 Å². The fraction of sp³-hybridized carbons (Fsp3) is 1.00. The minimum absolute atomic E-state index is 0.265. The Balaban J connectivity index is 4.49. The van der Waals surface area contributed by atoms with Crippen LogP contribution in [-0.4, -0.2) is 104 Å². The van der Waals surface area contributed by atoms with Crippen LogP contribution in [0.4, 0.5) is 0 Å². The Hall–Kier alpha value is -0.400. The minimum atomic E-state index is -0.501. The molecular formula is C15H36N4O6. The number of rotatable bonds is 18. The molecule has 6 N–H and O–H groups in total. The van der Waals surface area contributed by atoms with E-state index in [4.69, 9.17) is 45.6 Å². The molecule has 0 fully saturated rings. The third-order valence-corrected chi connectivity index (χ3v) is 3.31. The molecule has 0 spiro atoms. The second kappa shape index (κ2) is 17.0. The third kappa shape index (κ3) is 12.6. The molecule has 10 nitrogen and oxygen atoms in total. The second-order valence-electron chi connectivity index (χ2n) is 5.35. The lowest BCUT2D eigenvalue weighted by molar-refractivity contribution is -0.0499. The van der Waals surface area contributed by atoms with Crippen LogP contribution >= 0.6 is 0 Å². The monoisotopic (exact) mass is 368 g/mol. The molecule has 0 aliphatic rings. The highest BCUT2D eigenvalue weighted by atomic mass is 16.5. The summed E-state index contributed by atoms with van der Waals surface area (Å²) >= 11 is 0. The first-order valence-electron chi connectivity index (χ1n) is 8.32. The molecule has 0 radical (unpaired) electrons. The van der Waals surface area contributed by atoms with E-state index in [-0.39, 0.29) is 19.8 Å². The maximum Gasteiger partial charge on any atom is 0.0840 e. The van der Waals surface area contributed by atoms with Gasteiger partial charge in [-0.05, 0) is 0 Å². The maximum absolute atomic E-state index is 6.20. The topological polar surface area (TPSA) is 137 Å². The molecule has 25 heavy (non-hydrogen) atoms. The van der Waals surface area contributed by atoms with Gasteiger partial charge in [0.25, 0.3) is 0 Å². The summed E-state index contributed by atoms with van der Waals surface area (Å²) in [5, 5.41) is 0. The van der Waals surface area contributed by atoms with E-state index in [1.165, 1.54) is 0 Å². The van der Waals surface area contributed by atoms with Crippen molar-refractivity contribution in [2.75, 3.05) is 80.8 Å². The third-order valence-electron chi connectivity index (χ3n) is 3.31. The summed E-state index contributed by atoms with van der Waals surface area (Å²) in [4.78, 5) is 1.73. The molecule has 0 aromatic heterocycles. The van der Waals surface area contributed by atoms with E-state index >= 15 is 0 Å². The highest BCUT2D eigenvalue weighted by molar-refractivity contribution is 4.77. The van der Waals surface area contributed by atoms with Crippen molar-refractivity contribution in [3.8, 4) is 0 Å². The quantitative estimate of drug-likeness (QED) is 0.186. The average molecular weight is 368 g/mol. The van der Waals surface area contributed by atoms with Crippen molar-refractivity contribution >= 4 is 0 Å². The normalized spacial score (nSPS) is 15.5. The molecule has 0 saturated heterocycles. The van der Waals surface area contributed by atoms with Crippen molar-refractivity contribution in [3.05, 3.63) is 0 Å². The van der Waals surface area contributed by atoms with E-state index < -0.39 is 18.5 Å². The lowest BCUT2D eigenvalue weighted by Gasteiger charge is -2.37.